The van der Waals surface area contributed by atoms with Crippen molar-refractivity contribution in [3.63, 3.8) is 0 Å². The summed E-state index contributed by atoms with van der Waals surface area (Å²) < 4.78 is 0. The first-order valence-corrected chi connectivity index (χ1v) is 7.91. The molecule has 0 saturated heterocycles. The van der Waals surface area contributed by atoms with Gasteiger partial charge in [-0.2, -0.15) is 0 Å². The maximum absolute atomic E-state index is 8.43. The van der Waals surface area contributed by atoms with Crippen LogP contribution in [0.15, 0.2) is 41.0 Å². The fourth-order valence-electron chi connectivity index (χ4n) is 2.55. The van der Waals surface area contributed by atoms with Gasteiger partial charge in [0.15, 0.2) is 0 Å². The maximum Gasteiger partial charge on any atom is 0.0902 e. The molecule has 1 fully saturated rings. The van der Waals surface area contributed by atoms with Gasteiger partial charge in [-0.05, 0) is 37.9 Å². The van der Waals surface area contributed by atoms with Crippen molar-refractivity contribution in [1.29, 1.82) is 5.41 Å². The molecule has 0 spiro atoms. The standard InChI is InChI=1S/C17H23N5/c18-8-3-9-20-10-13(17(19)12-6-7-12)16-11-21-14-4-1-2-5-15(14)22-16/h1-2,4-5,10-12,16,19-20,22H,3,6-9,18H2/b13-10-,19-17?. The molecule has 0 radical (unpaired) electrons. The molecule has 1 aromatic rings. The Hall–Kier alpha value is -2.14. The Labute approximate surface area is 131 Å². The minimum absolute atomic E-state index is 0.0478. The van der Waals surface area contributed by atoms with Crippen LogP contribution < -0.4 is 16.4 Å². The number of hydrogen-bond donors (Lipinski definition) is 4. The van der Waals surface area contributed by atoms with Crippen LogP contribution in [0.5, 0.6) is 0 Å². The number of nitrogens with two attached hydrogens (primary N) is 1. The summed E-state index contributed by atoms with van der Waals surface area (Å²) in [7, 11) is 0. The number of hydrogen-bond acceptors (Lipinski definition) is 5. The number of para-hydroxylation sites is 2. The molecule has 1 heterocycles. The van der Waals surface area contributed by atoms with Gasteiger partial charge in [0.05, 0.1) is 17.4 Å². The summed E-state index contributed by atoms with van der Waals surface area (Å²) in [6.45, 7) is 1.51. The van der Waals surface area contributed by atoms with E-state index in [1.54, 1.807) is 0 Å². The van der Waals surface area contributed by atoms with Gasteiger partial charge in [-0.15, -0.1) is 0 Å². The number of nitrogens with zero attached hydrogens (tertiary/aromatic N) is 1. The predicted molar refractivity (Wildman–Crippen MR) is 92.2 cm³/mol. The number of aliphatic imine (C=N–C) groups is 1. The molecule has 5 heteroatoms. The maximum atomic E-state index is 8.43. The molecule has 5 N–H and O–H groups in total. The first-order valence-electron chi connectivity index (χ1n) is 7.91. The van der Waals surface area contributed by atoms with E-state index < -0.39 is 0 Å². The average Bonchev–Trinajstić information content (AvgIpc) is 3.39. The van der Waals surface area contributed by atoms with Crippen LogP contribution in [0.3, 0.4) is 0 Å². The van der Waals surface area contributed by atoms with Gasteiger partial charge < -0.3 is 21.8 Å². The topological polar surface area (TPSA) is 86.3 Å². The monoisotopic (exact) mass is 297 g/mol. The lowest BCUT2D eigenvalue weighted by molar-refractivity contribution is 0.757. The first kappa shape index (κ1) is 14.8. The molecule has 0 bridgehead atoms. The van der Waals surface area contributed by atoms with Crippen molar-refractivity contribution in [2.24, 2.45) is 16.6 Å². The molecule has 1 unspecified atom stereocenters. The van der Waals surface area contributed by atoms with Crippen LogP contribution in [-0.4, -0.2) is 31.1 Å². The molecular weight excluding hydrogens is 274 g/mol. The van der Waals surface area contributed by atoms with Crippen LogP contribution in [0.1, 0.15) is 19.3 Å². The molecule has 1 aliphatic carbocycles. The second kappa shape index (κ2) is 6.75. The smallest absolute Gasteiger partial charge is 0.0902 e. The van der Waals surface area contributed by atoms with Crippen LogP contribution in [0.2, 0.25) is 0 Å². The van der Waals surface area contributed by atoms with E-state index in [4.69, 9.17) is 11.1 Å². The minimum Gasteiger partial charge on any atom is -0.390 e. The van der Waals surface area contributed by atoms with Crippen LogP contribution in [-0.2, 0) is 0 Å². The molecule has 1 aliphatic heterocycles. The highest BCUT2D eigenvalue weighted by Crippen LogP contribution is 2.35. The van der Waals surface area contributed by atoms with Gasteiger partial charge in [-0.25, -0.2) is 0 Å². The first-order chi connectivity index (χ1) is 10.8. The molecule has 116 valence electrons. The second-order valence-electron chi connectivity index (χ2n) is 5.80. The summed E-state index contributed by atoms with van der Waals surface area (Å²) in [4.78, 5) is 4.53. The fraction of sp³-hybridized carbons (Fsp3) is 0.412. The lowest BCUT2D eigenvalue weighted by atomic mass is 9.99. The Balaban J connectivity index is 1.76. The van der Waals surface area contributed by atoms with Crippen molar-refractivity contribution in [2.75, 3.05) is 18.4 Å². The largest absolute Gasteiger partial charge is 0.390 e. The molecule has 2 aliphatic rings. The quantitative estimate of drug-likeness (QED) is 0.460. The van der Waals surface area contributed by atoms with E-state index in [0.717, 1.165) is 48.5 Å². The molecular formula is C17H23N5. The van der Waals surface area contributed by atoms with Crippen molar-refractivity contribution in [1.82, 2.24) is 5.32 Å². The van der Waals surface area contributed by atoms with E-state index in [-0.39, 0.29) is 6.04 Å². The van der Waals surface area contributed by atoms with Crippen molar-refractivity contribution < 1.29 is 0 Å². The Morgan fingerprint density at radius 1 is 1.41 bits per heavy atom. The third kappa shape index (κ3) is 3.36. The van der Waals surface area contributed by atoms with Crippen LogP contribution >= 0.6 is 0 Å². The Bertz CT molecular complexity index is 601. The zero-order valence-electron chi connectivity index (χ0n) is 12.7. The zero-order valence-corrected chi connectivity index (χ0v) is 12.7. The second-order valence-corrected chi connectivity index (χ2v) is 5.80. The lowest BCUT2D eigenvalue weighted by Gasteiger charge is -2.24. The summed E-state index contributed by atoms with van der Waals surface area (Å²) in [6, 6.07) is 7.95. The van der Waals surface area contributed by atoms with Crippen LogP contribution in [0.4, 0.5) is 11.4 Å². The van der Waals surface area contributed by atoms with E-state index >= 15 is 0 Å². The van der Waals surface area contributed by atoms with Crippen molar-refractivity contribution in [3.05, 3.63) is 36.0 Å². The van der Waals surface area contributed by atoms with Gasteiger partial charge in [-0.1, -0.05) is 12.1 Å². The van der Waals surface area contributed by atoms with Crippen LogP contribution in [0, 0.1) is 11.3 Å². The summed E-state index contributed by atoms with van der Waals surface area (Å²) >= 11 is 0. The molecule has 1 atom stereocenters. The number of anilines is 1. The van der Waals surface area contributed by atoms with Gasteiger partial charge in [-0.3, -0.25) is 4.99 Å². The van der Waals surface area contributed by atoms with Gasteiger partial charge >= 0.3 is 0 Å². The van der Waals surface area contributed by atoms with Crippen LogP contribution in [0.25, 0.3) is 0 Å². The van der Waals surface area contributed by atoms with Crippen molar-refractivity contribution in [3.8, 4) is 0 Å². The van der Waals surface area contributed by atoms with Gasteiger partial charge in [0.2, 0.25) is 0 Å². The van der Waals surface area contributed by atoms with Crippen molar-refractivity contribution in [2.45, 2.75) is 25.3 Å². The highest BCUT2D eigenvalue weighted by atomic mass is 15.0. The summed E-state index contributed by atoms with van der Waals surface area (Å²) in [6.07, 6.45) is 7.04. The predicted octanol–water partition coefficient (Wildman–Crippen LogP) is 2.44. The number of benzene rings is 1. The highest BCUT2D eigenvalue weighted by Gasteiger charge is 2.32. The molecule has 0 aromatic heterocycles. The van der Waals surface area contributed by atoms with E-state index in [2.05, 4.69) is 15.6 Å². The lowest BCUT2D eigenvalue weighted by Crippen LogP contribution is -2.32. The van der Waals surface area contributed by atoms with E-state index in [0.29, 0.717) is 12.5 Å². The molecule has 1 aromatic carbocycles. The highest BCUT2D eigenvalue weighted by molar-refractivity contribution is 6.06. The van der Waals surface area contributed by atoms with E-state index in [9.17, 15) is 0 Å². The molecule has 0 amide bonds. The summed E-state index contributed by atoms with van der Waals surface area (Å²) in [5.74, 6) is 0.412. The third-order valence-corrected chi connectivity index (χ3v) is 3.99. The minimum atomic E-state index is -0.0478. The zero-order chi connectivity index (χ0) is 15.4. The number of fused-ring (bicyclic) bond motifs is 1. The Morgan fingerprint density at radius 2 is 2.23 bits per heavy atom. The fourth-order valence-corrected chi connectivity index (χ4v) is 2.55. The number of nitrogens with one attached hydrogen (secondary N) is 3. The van der Waals surface area contributed by atoms with E-state index in [1.165, 1.54) is 0 Å². The molecule has 1 saturated carbocycles. The Morgan fingerprint density at radius 3 is 3.00 bits per heavy atom. The number of rotatable bonds is 7. The molecule has 22 heavy (non-hydrogen) atoms. The normalized spacial score (nSPS) is 20.2. The van der Waals surface area contributed by atoms with Gasteiger partial charge in [0.25, 0.3) is 0 Å². The third-order valence-electron chi connectivity index (χ3n) is 3.99. The van der Waals surface area contributed by atoms with Crippen molar-refractivity contribution >= 4 is 23.3 Å². The summed E-state index contributed by atoms with van der Waals surface area (Å²) in [5.41, 5.74) is 9.20. The van der Waals surface area contributed by atoms with Gasteiger partial charge in [0.1, 0.15) is 0 Å². The summed E-state index contributed by atoms with van der Waals surface area (Å²) in [5, 5.41) is 15.2. The van der Waals surface area contributed by atoms with E-state index in [1.807, 2.05) is 36.7 Å². The SMILES string of the molecule is N=C(/C(=C\NCCCN)C1C=Nc2ccccc2N1)C1CC1. The average molecular weight is 297 g/mol. The van der Waals surface area contributed by atoms with Gasteiger partial charge in [0, 0.05) is 36.2 Å². The Kier molecular flexibility index (Phi) is 4.53. The molecule has 3 rings (SSSR count). The molecule has 5 nitrogen and oxygen atoms in total.